The van der Waals surface area contributed by atoms with Gasteiger partial charge >= 0.3 is 5.69 Å². The Morgan fingerprint density at radius 3 is 3.00 bits per heavy atom. The van der Waals surface area contributed by atoms with Crippen molar-refractivity contribution in [2.75, 3.05) is 0 Å². The predicted molar refractivity (Wildman–Crippen MR) is 52.2 cm³/mol. The van der Waals surface area contributed by atoms with Crippen LogP contribution in [0.2, 0.25) is 0 Å². The first-order valence-corrected chi connectivity index (χ1v) is 4.28. The van der Waals surface area contributed by atoms with Gasteiger partial charge in [-0.3, -0.25) is 9.78 Å². The van der Waals surface area contributed by atoms with Crippen molar-refractivity contribution in [2.45, 2.75) is 6.54 Å². The van der Waals surface area contributed by atoms with E-state index in [9.17, 15) is 9.59 Å². The molecule has 1 aliphatic heterocycles. The fraction of sp³-hybridized carbons (Fsp3) is 0.111. The normalized spacial score (nSPS) is 13.7. The van der Waals surface area contributed by atoms with Crippen LogP contribution < -0.4 is 11.2 Å². The molecular formula is C9H7N3O2. The molecule has 3 heterocycles. The molecule has 2 N–H and O–H groups in total. The highest BCUT2D eigenvalue weighted by Gasteiger charge is 2.13. The summed E-state index contributed by atoms with van der Waals surface area (Å²) < 4.78 is 1.93. The molecular weight excluding hydrogens is 182 g/mol. The lowest BCUT2D eigenvalue weighted by molar-refractivity contribution is 0.851. The van der Waals surface area contributed by atoms with Crippen molar-refractivity contribution < 1.29 is 0 Å². The smallest absolute Gasteiger partial charge is 0.326 e. The summed E-state index contributed by atoms with van der Waals surface area (Å²) in [5.41, 5.74) is 0.714. The van der Waals surface area contributed by atoms with Crippen LogP contribution in [0.15, 0.2) is 21.9 Å². The first-order valence-electron chi connectivity index (χ1n) is 4.28. The number of H-pyrrole nitrogens is 2. The minimum absolute atomic E-state index is 0.334. The van der Waals surface area contributed by atoms with Crippen LogP contribution in [0.5, 0.6) is 0 Å². The highest BCUT2D eigenvalue weighted by atomic mass is 16.2. The van der Waals surface area contributed by atoms with E-state index in [1.807, 2.05) is 16.7 Å². The summed E-state index contributed by atoms with van der Waals surface area (Å²) in [6.45, 7) is 0.755. The molecule has 2 aromatic rings. The largest absolute Gasteiger partial charge is 0.342 e. The third-order valence-electron chi connectivity index (χ3n) is 2.41. The quantitative estimate of drug-likeness (QED) is 0.614. The van der Waals surface area contributed by atoms with E-state index in [-0.39, 0.29) is 5.56 Å². The average molecular weight is 189 g/mol. The number of nitrogens with one attached hydrogen (secondary N) is 2. The van der Waals surface area contributed by atoms with Crippen molar-refractivity contribution in [3.05, 3.63) is 38.8 Å². The molecule has 0 saturated carbocycles. The average Bonchev–Trinajstić information content (AvgIpc) is 2.65. The van der Waals surface area contributed by atoms with Crippen LogP contribution in [0.4, 0.5) is 0 Å². The van der Waals surface area contributed by atoms with E-state index in [2.05, 4.69) is 9.97 Å². The third-order valence-corrected chi connectivity index (χ3v) is 2.41. The minimum Gasteiger partial charge on any atom is -0.342 e. The number of hydrogen-bond donors (Lipinski definition) is 2. The lowest BCUT2D eigenvalue weighted by Crippen LogP contribution is -2.21. The maximum atomic E-state index is 11.4. The molecule has 0 spiro atoms. The van der Waals surface area contributed by atoms with Gasteiger partial charge in [0.1, 0.15) is 0 Å². The van der Waals surface area contributed by atoms with Crippen molar-refractivity contribution in [3.63, 3.8) is 0 Å². The van der Waals surface area contributed by atoms with Gasteiger partial charge in [-0.05, 0) is 6.08 Å². The van der Waals surface area contributed by atoms with Crippen LogP contribution in [0.3, 0.4) is 0 Å². The van der Waals surface area contributed by atoms with Gasteiger partial charge in [0.25, 0.3) is 5.56 Å². The molecule has 2 aromatic heterocycles. The number of hydrogen-bond acceptors (Lipinski definition) is 2. The lowest BCUT2D eigenvalue weighted by atomic mass is 10.3. The Morgan fingerprint density at radius 2 is 2.14 bits per heavy atom. The van der Waals surface area contributed by atoms with Crippen LogP contribution in [0.1, 0.15) is 5.69 Å². The zero-order chi connectivity index (χ0) is 9.71. The number of aromatic nitrogens is 3. The molecule has 70 valence electrons. The van der Waals surface area contributed by atoms with Gasteiger partial charge in [0.05, 0.1) is 16.6 Å². The zero-order valence-electron chi connectivity index (χ0n) is 7.20. The summed E-state index contributed by atoms with van der Waals surface area (Å²) in [7, 11) is 0. The molecule has 0 atom stereocenters. The van der Waals surface area contributed by atoms with E-state index < -0.39 is 5.69 Å². The van der Waals surface area contributed by atoms with Crippen LogP contribution in [0.25, 0.3) is 17.0 Å². The topological polar surface area (TPSA) is 70.7 Å². The molecule has 5 heteroatoms. The summed E-state index contributed by atoms with van der Waals surface area (Å²) in [4.78, 5) is 27.3. The molecule has 0 bridgehead atoms. The first-order chi connectivity index (χ1) is 6.75. The number of allylic oxidation sites excluding steroid dienone is 1. The second-order valence-electron chi connectivity index (χ2n) is 3.27. The maximum absolute atomic E-state index is 11.4. The fourth-order valence-corrected chi connectivity index (χ4v) is 1.80. The van der Waals surface area contributed by atoms with Crippen molar-refractivity contribution >= 4 is 17.0 Å². The van der Waals surface area contributed by atoms with Crippen molar-refractivity contribution in [1.29, 1.82) is 0 Å². The van der Waals surface area contributed by atoms with Crippen molar-refractivity contribution in [3.8, 4) is 0 Å². The molecule has 0 unspecified atom stereocenters. The molecule has 0 saturated heterocycles. The van der Waals surface area contributed by atoms with E-state index in [1.165, 1.54) is 0 Å². The standard InChI is InChI=1S/C9H7N3O2/c13-8-5-4-12-3-1-2-6(12)7(5)10-9(14)11-8/h1-2,4H,3H2,(H2,10,11,13,14). The Kier molecular flexibility index (Phi) is 1.19. The van der Waals surface area contributed by atoms with E-state index >= 15 is 0 Å². The van der Waals surface area contributed by atoms with E-state index in [0.717, 1.165) is 12.2 Å². The van der Waals surface area contributed by atoms with Gasteiger partial charge in [0.2, 0.25) is 0 Å². The third kappa shape index (κ3) is 0.783. The van der Waals surface area contributed by atoms with Crippen LogP contribution >= 0.6 is 0 Å². The minimum atomic E-state index is -0.461. The van der Waals surface area contributed by atoms with Gasteiger partial charge in [-0.15, -0.1) is 0 Å². The molecule has 1 aliphatic rings. The lowest BCUT2D eigenvalue weighted by Gasteiger charge is -1.92. The highest BCUT2D eigenvalue weighted by molar-refractivity contribution is 5.86. The number of aromatic amines is 2. The van der Waals surface area contributed by atoms with Gasteiger partial charge in [-0.2, -0.15) is 0 Å². The summed E-state index contributed by atoms with van der Waals surface area (Å²) in [5, 5.41) is 0.531. The van der Waals surface area contributed by atoms with Gasteiger partial charge < -0.3 is 9.55 Å². The Labute approximate surface area is 77.7 Å². The van der Waals surface area contributed by atoms with Crippen LogP contribution in [-0.2, 0) is 6.54 Å². The molecule has 5 nitrogen and oxygen atoms in total. The highest BCUT2D eigenvalue weighted by Crippen LogP contribution is 2.20. The summed E-state index contributed by atoms with van der Waals surface area (Å²) in [6.07, 6.45) is 5.63. The Morgan fingerprint density at radius 1 is 1.29 bits per heavy atom. The maximum Gasteiger partial charge on any atom is 0.326 e. The van der Waals surface area contributed by atoms with Crippen LogP contribution in [0, 0.1) is 0 Å². The van der Waals surface area contributed by atoms with Crippen LogP contribution in [-0.4, -0.2) is 14.5 Å². The molecule has 0 amide bonds. The van der Waals surface area contributed by atoms with Gasteiger partial charge in [-0.1, -0.05) is 6.08 Å². The molecule has 0 radical (unpaired) electrons. The Bertz CT molecular complexity index is 657. The fourth-order valence-electron chi connectivity index (χ4n) is 1.80. The second-order valence-corrected chi connectivity index (χ2v) is 3.27. The molecule has 14 heavy (non-hydrogen) atoms. The second kappa shape index (κ2) is 2.25. The van der Waals surface area contributed by atoms with Gasteiger partial charge in [0, 0.05) is 12.7 Å². The number of fused-ring (bicyclic) bond motifs is 3. The molecule has 0 aromatic carbocycles. The van der Waals surface area contributed by atoms with Crippen molar-refractivity contribution in [2.24, 2.45) is 0 Å². The van der Waals surface area contributed by atoms with E-state index in [4.69, 9.17) is 0 Å². The molecule has 0 fully saturated rings. The summed E-state index contributed by atoms with van der Waals surface area (Å²) >= 11 is 0. The van der Waals surface area contributed by atoms with Gasteiger partial charge in [0.15, 0.2) is 0 Å². The van der Waals surface area contributed by atoms with E-state index in [0.29, 0.717) is 10.9 Å². The Balaban J connectivity index is 2.62. The van der Waals surface area contributed by atoms with E-state index in [1.54, 1.807) is 6.20 Å². The van der Waals surface area contributed by atoms with Gasteiger partial charge in [-0.25, -0.2) is 4.79 Å². The zero-order valence-corrected chi connectivity index (χ0v) is 7.20. The predicted octanol–water partition coefficient (Wildman–Crippen LogP) is 0.0447. The summed E-state index contributed by atoms with van der Waals surface area (Å²) in [6, 6.07) is 0. The van der Waals surface area contributed by atoms with Crippen molar-refractivity contribution in [1.82, 2.24) is 14.5 Å². The monoisotopic (exact) mass is 189 g/mol. The number of rotatable bonds is 0. The SMILES string of the molecule is O=c1[nH]c(=O)c2cn3c(c2[nH]1)C=CC3. The first kappa shape index (κ1) is 7.37. The summed E-state index contributed by atoms with van der Waals surface area (Å²) in [5.74, 6) is 0. The Hall–Kier alpha value is -2.04. The molecule has 0 aliphatic carbocycles. The molecule has 3 rings (SSSR count). The number of nitrogens with zero attached hydrogens (tertiary/aromatic N) is 1.